The SMILES string of the molecule is c1cc[c]([GeH]2[c]3ccccc3P(c3ccc(N4c5ccccc5Oc5ccccc54)cc3)c3cccc[c]32)cc1. The zero-order valence-corrected chi connectivity index (χ0v) is 25.1. The first-order valence-electron chi connectivity index (χ1n) is 13.7. The first-order chi connectivity index (χ1) is 19.9. The van der Waals surface area contributed by atoms with E-state index in [9.17, 15) is 0 Å². The van der Waals surface area contributed by atoms with Crippen molar-refractivity contribution in [2.24, 2.45) is 0 Å². The van der Waals surface area contributed by atoms with Crippen LogP contribution in [0, 0.1) is 0 Å². The molecule has 0 bridgehead atoms. The van der Waals surface area contributed by atoms with Gasteiger partial charge in [-0.15, -0.1) is 0 Å². The van der Waals surface area contributed by atoms with Crippen molar-refractivity contribution in [2.75, 3.05) is 4.90 Å². The number of ether oxygens (including phenoxy) is 1. The number of benzene rings is 6. The summed E-state index contributed by atoms with van der Waals surface area (Å²) in [5.74, 6) is 1.76. The summed E-state index contributed by atoms with van der Waals surface area (Å²) >= 11 is -2.19. The Kier molecular flexibility index (Phi) is 5.83. The van der Waals surface area contributed by atoms with Gasteiger partial charge >= 0.3 is 241 Å². The molecule has 0 amide bonds. The average molecular weight is 592 g/mol. The second kappa shape index (κ2) is 9.82. The van der Waals surface area contributed by atoms with Crippen LogP contribution in [-0.4, -0.2) is 14.3 Å². The van der Waals surface area contributed by atoms with Crippen molar-refractivity contribution in [3.63, 3.8) is 0 Å². The van der Waals surface area contributed by atoms with Crippen LogP contribution < -0.4 is 38.7 Å². The monoisotopic (exact) mass is 593 g/mol. The topological polar surface area (TPSA) is 12.5 Å². The summed E-state index contributed by atoms with van der Waals surface area (Å²) in [5.41, 5.74) is 3.26. The van der Waals surface area contributed by atoms with Gasteiger partial charge < -0.3 is 0 Å². The molecule has 0 fully saturated rings. The fourth-order valence-electron chi connectivity index (χ4n) is 6.18. The van der Waals surface area contributed by atoms with Crippen molar-refractivity contribution >= 4 is 68.4 Å². The van der Waals surface area contributed by atoms with Gasteiger partial charge in [-0.05, 0) is 0 Å². The molecule has 0 aliphatic carbocycles. The first-order valence-corrected chi connectivity index (χ1v) is 18.6. The molecule has 2 nitrogen and oxygen atoms in total. The van der Waals surface area contributed by atoms with Crippen molar-refractivity contribution in [3.8, 4) is 11.5 Å². The van der Waals surface area contributed by atoms with E-state index in [1.807, 2.05) is 24.3 Å². The standard InChI is InChI=1S/C36H26GeNOP/c1-2-12-26(13-3-1)37-29-14-4-10-20-35(29)40(36-21-11-5-15-30(36)37)28-24-22-27(23-25-28)38-31-16-6-8-18-33(31)39-34-19-9-7-17-32(34)38/h1-25,37H. The molecule has 8 rings (SSSR count). The normalized spacial score (nSPS) is 16.6. The summed E-state index contributed by atoms with van der Waals surface area (Å²) in [7, 11) is -0.647. The summed E-state index contributed by atoms with van der Waals surface area (Å²) in [6.45, 7) is 0. The number of para-hydroxylation sites is 4. The van der Waals surface area contributed by atoms with Gasteiger partial charge in [-0.1, -0.05) is 0 Å². The van der Waals surface area contributed by atoms with Crippen LogP contribution >= 0.6 is 7.92 Å². The van der Waals surface area contributed by atoms with Crippen LogP contribution in [0.5, 0.6) is 11.5 Å². The van der Waals surface area contributed by atoms with Crippen LogP contribution in [0.2, 0.25) is 0 Å². The van der Waals surface area contributed by atoms with Crippen LogP contribution in [0.4, 0.5) is 17.1 Å². The molecule has 0 atom stereocenters. The van der Waals surface area contributed by atoms with Crippen molar-refractivity contribution < 1.29 is 4.74 Å². The van der Waals surface area contributed by atoms with Gasteiger partial charge in [0.05, 0.1) is 0 Å². The molecule has 6 aromatic rings. The third kappa shape index (κ3) is 3.83. The van der Waals surface area contributed by atoms with Gasteiger partial charge in [-0.3, -0.25) is 0 Å². The molecule has 0 radical (unpaired) electrons. The van der Waals surface area contributed by atoms with Crippen LogP contribution in [0.15, 0.2) is 152 Å². The van der Waals surface area contributed by atoms with Gasteiger partial charge in [0.2, 0.25) is 0 Å². The number of anilines is 3. The predicted molar refractivity (Wildman–Crippen MR) is 172 cm³/mol. The second-order valence-electron chi connectivity index (χ2n) is 10.2. The maximum absolute atomic E-state index is 6.24. The predicted octanol–water partition coefficient (Wildman–Crippen LogP) is 5.58. The molecule has 0 aromatic heterocycles. The van der Waals surface area contributed by atoms with E-state index in [1.165, 1.54) is 20.3 Å². The molecular weight excluding hydrogens is 566 g/mol. The van der Waals surface area contributed by atoms with Gasteiger partial charge in [-0.25, -0.2) is 0 Å². The Hall–Kier alpha value is -4.11. The van der Waals surface area contributed by atoms with E-state index in [0.717, 1.165) is 28.6 Å². The summed E-state index contributed by atoms with van der Waals surface area (Å²) in [6.07, 6.45) is 0. The van der Waals surface area contributed by atoms with E-state index in [4.69, 9.17) is 4.74 Å². The van der Waals surface area contributed by atoms with Gasteiger partial charge in [0.15, 0.2) is 0 Å². The van der Waals surface area contributed by atoms with Crippen molar-refractivity contribution in [1.82, 2.24) is 0 Å². The molecule has 0 saturated heterocycles. The molecule has 190 valence electrons. The summed E-state index contributed by atoms with van der Waals surface area (Å²) in [4.78, 5) is 2.31. The van der Waals surface area contributed by atoms with E-state index >= 15 is 0 Å². The molecule has 2 aliphatic heterocycles. The quantitative estimate of drug-likeness (QED) is 0.196. The van der Waals surface area contributed by atoms with E-state index in [1.54, 1.807) is 8.79 Å². The van der Waals surface area contributed by atoms with Crippen molar-refractivity contribution in [3.05, 3.63) is 152 Å². The average Bonchev–Trinajstić information content (AvgIpc) is 3.03. The summed E-state index contributed by atoms with van der Waals surface area (Å²) < 4.78 is 11.0. The third-order valence-corrected chi connectivity index (χ3v) is 18.4. The summed E-state index contributed by atoms with van der Waals surface area (Å²) in [6, 6.07) is 55.6. The molecule has 40 heavy (non-hydrogen) atoms. The molecule has 0 N–H and O–H groups in total. The van der Waals surface area contributed by atoms with E-state index in [2.05, 4.69) is 132 Å². The fourth-order valence-corrected chi connectivity index (χ4v) is 18.0. The molecule has 0 spiro atoms. The van der Waals surface area contributed by atoms with Crippen LogP contribution in [0.25, 0.3) is 0 Å². The van der Waals surface area contributed by atoms with E-state index in [-0.39, 0.29) is 0 Å². The number of hydrogen-bond acceptors (Lipinski definition) is 2. The maximum atomic E-state index is 6.24. The Morgan fingerprint density at radius 3 is 1.57 bits per heavy atom. The molecule has 2 aliphatic rings. The zero-order valence-electron chi connectivity index (χ0n) is 21.8. The molecule has 0 unspecified atom stereocenters. The van der Waals surface area contributed by atoms with E-state index < -0.39 is 22.3 Å². The number of fused-ring (bicyclic) bond motifs is 4. The number of rotatable bonds is 3. The molecule has 6 aromatic carbocycles. The Balaban J connectivity index is 1.25. The Morgan fingerprint density at radius 2 is 0.975 bits per heavy atom. The summed E-state index contributed by atoms with van der Waals surface area (Å²) in [5, 5.41) is 4.45. The van der Waals surface area contributed by atoms with Gasteiger partial charge in [0.1, 0.15) is 0 Å². The van der Waals surface area contributed by atoms with Crippen LogP contribution in [0.1, 0.15) is 0 Å². The molecule has 2 heterocycles. The first kappa shape index (κ1) is 23.8. The molecule has 4 heteroatoms. The number of nitrogens with zero attached hydrogens (tertiary/aromatic N) is 1. The fraction of sp³-hybridized carbons (Fsp3) is 0. The Bertz CT molecular complexity index is 1760. The van der Waals surface area contributed by atoms with Crippen LogP contribution in [-0.2, 0) is 0 Å². The Labute approximate surface area is 240 Å². The Morgan fingerprint density at radius 1 is 0.475 bits per heavy atom. The minimum atomic E-state index is -2.19. The van der Waals surface area contributed by atoms with Gasteiger partial charge in [0.25, 0.3) is 0 Å². The third-order valence-electron chi connectivity index (χ3n) is 7.91. The molecular formula is C36H26GeNOP. The van der Waals surface area contributed by atoms with Crippen molar-refractivity contribution in [2.45, 2.75) is 0 Å². The van der Waals surface area contributed by atoms with Crippen molar-refractivity contribution in [1.29, 1.82) is 0 Å². The minimum absolute atomic E-state index is 0.647. The second-order valence-corrected chi connectivity index (χ2v) is 18.2. The van der Waals surface area contributed by atoms with Gasteiger partial charge in [0, 0.05) is 0 Å². The van der Waals surface area contributed by atoms with Crippen LogP contribution in [0.3, 0.4) is 0 Å². The van der Waals surface area contributed by atoms with E-state index in [0.29, 0.717) is 0 Å². The van der Waals surface area contributed by atoms with Gasteiger partial charge in [-0.2, -0.15) is 0 Å². The number of hydrogen-bond donors (Lipinski definition) is 0. The molecule has 0 saturated carbocycles. The zero-order chi connectivity index (χ0) is 26.5.